The molecule has 0 aromatic heterocycles. The lowest BCUT2D eigenvalue weighted by molar-refractivity contribution is -0.120. The van der Waals surface area contributed by atoms with Crippen LogP contribution in [0, 0.1) is 0 Å². The number of nitrogens with two attached hydrogens (primary N) is 1. The van der Waals surface area contributed by atoms with E-state index in [1.54, 1.807) is 24.3 Å². The third-order valence-electron chi connectivity index (χ3n) is 3.27. The van der Waals surface area contributed by atoms with E-state index in [9.17, 15) is 9.90 Å². The van der Waals surface area contributed by atoms with Gasteiger partial charge in [0, 0.05) is 6.04 Å². The van der Waals surface area contributed by atoms with Gasteiger partial charge in [0.15, 0.2) is 0 Å². The number of hydrogen-bond acceptors (Lipinski definition) is 3. The summed E-state index contributed by atoms with van der Waals surface area (Å²) in [5.74, 6) is -0.180. The molecule has 0 aliphatic heterocycles. The van der Waals surface area contributed by atoms with Crippen LogP contribution in [0.1, 0.15) is 37.3 Å². The number of benzene rings is 1. The molecule has 1 amide bonds. The number of hydrogen-bond donors (Lipinski definition) is 3. The van der Waals surface area contributed by atoms with Gasteiger partial charge in [0.25, 0.3) is 0 Å². The lowest BCUT2D eigenvalue weighted by Gasteiger charge is -2.20. The first-order valence-electron chi connectivity index (χ1n) is 6.01. The summed E-state index contributed by atoms with van der Waals surface area (Å²) < 4.78 is 0. The highest BCUT2D eigenvalue weighted by Crippen LogP contribution is 2.23. The van der Waals surface area contributed by atoms with Gasteiger partial charge in [-0.15, -0.1) is 0 Å². The van der Waals surface area contributed by atoms with Crippen molar-refractivity contribution in [2.24, 2.45) is 5.73 Å². The van der Waals surface area contributed by atoms with E-state index < -0.39 is 6.04 Å². The lowest BCUT2D eigenvalue weighted by Crippen LogP contribution is -2.38. The van der Waals surface area contributed by atoms with Crippen LogP contribution in [0.3, 0.4) is 0 Å². The molecule has 0 radical (unpaired) electrons. The summed E-state index contributed by atoms with van der Waals surface area (Å²) >= 11 is 0. The molecular formula is C13H18N2O2. The van der Waals surface area contributed by atoms with Crippen LogP contribution in [0.2, 0.25) is 0 Å². The van der Waals surface area contributed by atoms with Crippen molar-refractivity contribution in [3.8, 4) is 5.75 Å². The minimum Gasteiger partial charge on any atom is -0.508 e. The van der Waals surface area contributed by atoms with Crippen LogP contribution in [0.15, 0.2) is 24.3 Å². The van der Waals surface area contributed by atoms with Gasteiger partial charge in [-0.2, -0.15) is 0 Å². The average molecular weight is 234 g/mol. The van der Waals surface area contributed by atoms with Crippen molar-refractivity contribution in [3.05, 3.63) is 29.8 Å². The molecule has 1 unspecified atom stereocenters. The van der Waals surface area contributed by atoms with Crippen molar-refractivity contribution in [3.63, 3.8) is 0 Å². The molecule has 1 aliphatic carbocycles. The number of phenols is 1. The maximum Gasteiger partial charge on any atom is 0.239 e. The molecule has 4 nitrogen and oxygen atoms in total. The number of aromatic hydroxyl groups is 1. The molecule has 0 spiro atoms. The normalized spacial score (nSPS) is 18.1. The van der Waals surface area contributed by atoms with Crippen molar-refractivity contribution < 1.29 is 9.90 Å². The summed E-state index contributed by atoms with van der Waals surface area (Å²) in [5.41, 5.74) is 6.23. The third-order valence-corrected chi connectivity index (χ3v) is 3.27. The van der Waals surface area contributed by atoms with Gasteiger partial charge in [0.2, 0.25) is 5.91 Å². The fraction of sp³-hybridized carbons (Fsp3) is 0.462. The standard InChI is InChI=1S/C13H18N2O2/c14-13(17)12(15-10-3-1-2-4-10)9-5-7-11(16)8-6-9/h5-8,10,12,15-16H,1-4H2,(H2,14,17). The van der Waals surface area contributed by atoms with Crippen molar-refractivity contribution in [2.75, 3.05) is 0 Å². The molecule has 1 saturated carbocycles. The minimum atomic E-state index is -0.460. The van der Waals surface area contributed by atoms with Gasteiger partial charge >= 0.3 is 0 Å². The average Bonchev–Trinajstić information content (AvgIpc) is 2.80. The van der Waals surface area contributed by atoms with E-state index in [1.165, 1.54) is 12.8 Å². The van der Waals surface area contributed by atoms with Gasteiger partial charge in [-0.1, -0.05) is 25.0 Å². The first-order valence-corrected chi connectivity index (χ1v) is 6.01. The van der Waals surface area contributed by atoms with Gasteiger partial charge in [-0.05, 0) is 30.5 Å². The first-order chi connectivity index (χ1) is 8.16. The number of nitrogens with one attached hydrogen (secondary N) is 1. The van der Waals surface area contributed by atoms with Gasteiger partial charge < -0.3 is 10.8 Å². The molecule has 1 fully saturated rings. The Morgan fingerprint density at radius 1 is 1.29 bits per heavy atom. The number of carbonyl (C=O) groups excluding carboxylic acids is 1. The number of phenolic OH excluding ortho intramolecular Hbond substituents is 1. The number of amides is 1. The van der Waals surface area contributed by atoms with Gasteiger partial charge in [0.1, 0.15) is 11.8 Å². The zero-order chi connectivity index (χ0) is 12.3. The highest BCUT2D eigenvalue weighted by atomic mass is 16.3. The monoisotopic (exact) mass is 234 g/mol. The van der Waals surface area contributed by atoms with Gasteiger partial charge in [-0.3, -0.25) is 10.1 Å². The van der Waals surface area contributed by atoms with Crippen LogP contribution in [-0.2, 0) is 4.79 Å². The van der Waals surface area contributed by atoms with E-state index in [0.717, 1.165) is 18.4 Å². The van der Waals surface area contributed by atoms with E-state index in [-0.39, 0.29) is 11.7 Å². The number of primary amides is 1. The predicted molar refractivity (Wildman–Crippen MR) is 65.4 cm³/mol. The molecule has 1 aromatic rings. The molecule has 4 heteroatoms. The zero-order valence-electron chi connectivity index (χ0n) is 9.73. The molecule has 2 rings (SSSR count). The van der Waals surface area contributed by atoms with Crippen LogP contribution in [0.5, 0.6) is 5.75 Å². The molecule has 0 heterocycles. The second-order valence-electron chi connectivity index (χ2n) is 4.57. The lowest BCUT2D eigenvalue weighted by atomic mass is 10.0. The smallest absolute Gasteiger partial charge is 0.239 e. The third kappa shape index (κ3) is 2.97. The summed E-state index contributed by atoms with van der Waals surface area (Å²) in [6.45, 7) is 0. The Kier molecular flexibility index (Phi) is 3.64. The van der Waals surface area contributed by atoms with Crippen molar-refractivity contribution in [1.29, 1.82) is 0 Å². The van der Waals surface area contributed by atoms with Crippen molar-refractivity contribution in [1.82, 2.24) is 5.32 Å². The van der Waals surface area contributed by atoms with Gasteiger partial charge in [0.05, 0.1) is 0 Å². The molecular weight excluding hydrogens is 216 g/mol. The number of rotatable bonds is 4. The largest absolute Gasteiger partial charge is 0.508 e. The Bertz CT molecular complexity index is 383. The fourth-order valence-corrected chi connectivity index (χ4v) is 2.34. The maximum absolute atomic E-state index is 11.5. The fourth-order valence-electron chi connectivity index (χ4n) is 2.34. The quantitative estimate of drug-likeness (QED) is 0.738. The van der Waals surface area contributed by atoms with Crippen molar-refractivity contribution in [2.45, 2.75) is 37.8 Å². The summed E-state index contributed by atoms with van der Waals surface area (Å²) in [5, 5.41) is 12.5. The van der Waals surface area contributed by atoms with Crippen LogP contribution in [-0.4, -0.2) is 17.1 Å². The van der Waals surface area contributed by atoms with E-state index in [2.05, 4.69) is 5.32 Å². The SMILES string of the molecule is NC(=O)C(NC1CCCC1)c1ccc(O)cc1. The van der Waals surface area contributed by atoms with E-state index in [1.807, 2.05) is 0 Å². The topological polar surface area (TPSA) is 75.4 Å². The number of carbonyl (C=O) groups is 1. The minimum absolute atomic E-state index is 0.192. The Hall–Kier alpha value is -1.55. The molecule has 1 aromatic carbocycles. The Morgan fingerprint density at radius 3 is 2.41 bits per heavy atom. The summed E-state index contributed by atoms with van der Waals surface area (Å²) in [6, 6.07) is 6.52. The Morgan fingerprint density at radius 2 is 1.88 bits per heavy atom. The molecule has 17 heavy (non-hydrogen) atoms. The van der Waals surface area contributed by atoms with E-state index >= 15 is 0 Å². The Balaban J connectivity index is 2.10. The summed E-state index contributed by atoms with van der Waals surface area (Å²) in [4.78, 5) is 11.5. The summed E-state index contributed by atoms with van der Waals surface area (Å²) in [6.07, 6.45) is 4.61. The van der Waals surface area contributed by atoms with Crippen LogP contribution in [0.25, 0.3) is 0 Å². The molecule has 0 saturated heterocycles. The maximum atomic E-state index is 11.5. The van der Waals surface area contributed by atoms with Crippen molar-refractivity contribution >= 4 is 5.91 Å². The summed E-state index contributed by atoms with van der Waals surface area (Å²) in [7, 11) is 0. The highest BCUT2D eigenvalue weighted by molar-refractivity contribution is 5.81. The zero-order valence-corrected chi connectivity index (χ0v) is 9.73. The molecule has 0 bridgehead atoms. The molecule has 1 aliphatic rings. The highest BCUT2D eigenvalue weighted by Gasteiger charge is 2.23. The second kappa shape index (κ2) is 5.19. The second-order valence-corrected chi connectivity index (χ2v) is 4.57. The predicted octanol–water partition coefficient (Wildman–Crippen LogP) is 1.45. The van der Waals surface area contributed by atoms with E-state index in [0.29, 0.717) is 6.04 Å². The van der Waals surface area contributed by atoms with Crippen LogP contribution >= 0.6 is 0 Å². The van der Waals surface area contributed by atoms with Crippen LogP contribution < -0.4 is 11.1 Å². The molecule has 92 valence electrons. The van der Waals surface area contributed by atoms with Gasteiger partial charge in [-0.25, -0.2) is 0 Å². The molecule has 1 atom stereocenters. The molecule has 4 N–H and O–H groups in total. The Labute approximate surface area is 101 Å². The first kappa shape index (κ1) is 11.9. The van der Waals surface area contributed by atoms with E-state index in [4.69, 9.17) is 5.73 Å². The van der Waals surface area contributed by atoms with Crippen LogP contribution in [0.4, 0.5) is 0 Å².